The van der Waals surface area contributed by atoms with Gasteiger partial charge in [-0.1, -0.05) is 6.07 Å². The zero-order valence-corrected chi connectivity index (χ0v) is 10.3. The number of aryl methyl sites for hydroxylation is 1. The Morgan fingerprint density at radius 3 is 2.83 bits per heavy atom. The van der Waals surface area contributed by atoms with Gasteiger partial charge in [0, 0.05) is 24.7 Å². The number of benzene rings is 1. The minimum absolute atomic E-state index is 0.131. The number of carbonyl (C=O) groups is 2. The van der Waals surface area contributed by atoms with Gasteiger partial charge in [0.25, 0.3) is 0 Å². The molecule has 1 atom stereocenters. The molecule has 5 heteroatoms. The number of hydrogen-bond acceptors (Lipinski definition) is 4. The van der Waals surface area contributed by atoms with E-state index in [1.54, 1.807) is 19.1 Å². The second kappa shape index (κ2) is 4.68. The van der Waals surface area contributed by atoms with Crippen molar-refractivity contribution in [2.45, 2.75) is 13.3 Å². The first-order valence-electron chi connectivity index (χ1n) is 5.70. The molecule has 1 aliphatic heterocycles. The van der Waals surface area contributed by atoms with E-state index in [1.165, 1.54) is 18.1 Å². The highest BCUT2D eigenvalue weighted by atomic mass is 16.5. The lowest BCUT2D eigenvalue weighted by Gasteiger charge is -2.17. The van der Waals surface area contributed by atoms with Crippen LogP contribution in [0.2, 0.25) is 0 Å². The molecule has 96 valence electrons. The van der Waals surface area contributed by atoms with E-state index in [0.29, 0.717) is 12.2 Å². The van der Waals surface area contributed by atoms with E-state index in [4.69, 9.17) is 0 Å². The Kier molecular flexibility index (Phi) is 3.23. The number of carbonyl (C=O) groups excluding carboxylic acids is 2. The first-order chi connectivity index (χ1) is 8.52. The summed E-state index contributed by atoms with van der Waals surface area (Å²) in [5.41, 5.74) is 1.35. The van der Waals surface area contributed by atoms with Crippen molar-refractivity contribution in [1.29, 1.82) is 0 Å². The molecule has 1 heterocycles. The summed E-state index contributed by atoms with van der Waals surface area (Å²) in [5, 5.41) is 9.64. The number of ether oxygens (including phenoxy) is 1. The van der Waals surface area contributed by atoms with E-state index in [9.17, 15) is 14.7 Å². The number of amides is 1. The SMILES string of the molecule is COC(=O)C1CC(=O)N(c2ccc(C)c(O)c2)C1. The molecular weight excluding hydrogens is 234 g/mol. The van der Waals surface area contributed by atoms with Crippen molar-refractivity contribution < 1.29 is 19.4 Å². The summed E-state index contributed by atoms with van der Waals surface area (Å²) in [7, 11) is 1.31. The van der Waals surface area contributed by atoms with Crippen LogP contribution in [-0.2, 0) is 14.3 Å². The Labute approximate surface area is 105 Å². The molecule has 18 heavy (non-hydrogen) atoms. The monoisotopic (exact) mass is 249 g/mol. The average Bonchev–Trinajstić information content (AvgIpc) is 2.74. The molecule has 1 amide bonds. The van der Waals surface area contributed by atoms with Gasteiger partial charge in [0.05, 0.1) is 13.0 Å². The third-order valence-electron chi connectivity index (χ3n) is 3.16. The highest BCUT2D eigenvalue weighted by Gasteiger charge is 2.35. The van der Waals surface area contributed by atoms with E-state index >= 15 is 0 Å². The quantitative estimate of drug-likeness (QED) is 0.800. The number of phenolic OH excluding ortho intramolecular Hbond substituents is 1. The van der Waals surface area contributed by atoms with Crippen molar-refractivity contribution in [3.63, 3.8) is 0 Å². The van der Waals surface area contributed by atoms with Crippen LogP contribution in [-0.4, -0.2) is 30.6 Å². The van der Waals surface area contributed by atoms with Crippen LogP contribution in [0.1, 0.15) is 12.0 Å². The van der Waals surface area contributed by atoms with Crippen molar-refractivity contribution in [3.8, 4) is 5.75 Å². The van der Waals surface area contributed by atoms with Crippen molar-refractivity contribution in [2.24, 2.45) is 5.92 Å². The molecule has 0 bridgehead atoms. The predicted molar refractivity (Wildman–Crippen MR) is 65.3 cm³/mol. The van der Waals surface area contributed by atoms with Gasteiger partial charge in [0.1, 0.15) is 5.75 Å². The maximum atomic E-state index is 11.8. The molecule has 0 spiro atoms. The van der Waals surface area contributed by atoms with Gasteiger partial charge in [-0.05, 0) is 18.6 Å². The Bertz CT molecular complexity index is 498. The number of hydrogen-bond donors (Lipinski definition) is 1. The third kappa shape index (κ3) is 2.16. The molecule has 2 rings (SSSR count). The van der Waals surface area contributed by atoms with Gasteiger partial charge >= 0.3 is 5.97 Å². The van der Waals surface area contributed by atoms with Gasteiger partial charge < -0.3 is 14.7 Å². The molecule has 1 aliphatic rings. The molecule has 1 unspecified atom stereocenters. The van der Waals surface area contributed by atoms with Crippen LogP contribution >= 0.6 is 0 Å². The van der Waals surface area contributed by atoms with E-state index in [1.807, 2.05) is 0 Å². The molecule has 0 aliphatic carbocycles. The summed E-state index contributed by atoms with van der Waals surface area (Å²) in [5.74, 6) is -0.788. The van der Waals surface area contributed by atoms with Gasteiger partial charge in [0.2, 0.25) is 5.91 Å². The number of anilines is 1. The molecule has 5 nitrogen and oxygen atoms in total. The van der Waals surface area contributed by atoms with Crippen molar-refractivity contribution >= 4 is 17.6 Å². The van der Waals surface area contributed by atoms with Crippen molar-refractivity contribution in [2.75, 3.05) is 18.6 Å². The van der Waals surface area contributed by atoms with Crippen LogP contribution in [0.4, 0.5) is 5.69 Å². The highest BCUT2D eigenvalue weighted by Crippen LogP contribution is 2.29. The van der Waals surface area contributed by atoms with E-state index in [2.05, 4.69) is 4.74 Å². The number of esters is 1. The Balaban J connectivity index is 2.21. The van der Waals surface area contributed by atoms with Crippen LogP contribution < -0.4 is 4.90 Å². The maximum Gasteiger partial charge on any atom is 0.311 e. The van der Waals surface area contributed by atoms with E-state index in [-0.39, 0.29) is 24.0 Å². The minimum Gasteiger partial charge on any atom is -0.508 e. The molecule has 1 N–H and O–H groups in total. The predicted octanol–water partition coefficient (Wildman–Crippen LogP) is 1.23. The van der Waals surface area contributed by atoms with Crippen LogP contribution in [0.3, 0.4) is 0 Å². The molecule has 0 aromatic heterocycles. The number of aromatic hydroxyl groups is 1. The molecule has 0 saturated carbocycles. The zero-order valence-electron chi connectivity index (χ0n) is 10.3. The lowest BCUT2D eigenvalue weighted by molar-refractivity contribution is -0.145. The average molecular weight is 249 g/mol. The second-order valence-corrected chi connectivity index (χ2v) is 4.40. The molecule has 1 aromatic rings. The summed E-state index contributed by atoms with van der Waals surface area (Å²) >= 11 is 0. The van der Waals surface area contributed by atoms with Crippen LogP contribution in [0, 0.1) is 12.8 Å². The van der Waals surface area contributed by atoms with Crippen LogP contribution in [0.15, 0.2) is 18.2 Å². The lowest BCUT2D eigenvalue weighted by Crippen LogP contribution is -2.26. The van der Waals surface area contributed by atoms with E-state index in [0.717, 1.165) is 5.56 Å². The fraction of sp³-hybridized carbons (Fsp3) is 0.385. The van der Waals surface area contributed by atoms with Gasteiger partial charge in [-0.3, -0.25) is 9.59 Å². The Morgan fingerprint density at radius 1 is 1.50 bits per heavy atom. The second-order valence-electron chi connectivity index (χ2n) is 4.40. The summed E-state index contributed by atoms with van der Waals surface area (Å²) in [6.07, 6.45) is 0.154. The van der Waals surface area contributed by atoms with Crippen molar-refractivity contribution in [3.05, 3.63) is 23.8 Å². The zero-order chi connectivity index (χ0) is 13.3. The van der Waals surface area contributed by atoms with Crippen molar-refractivity contribution in [1.82, 2.24) is 0 Å². The number of rotatable bonds is 2. The minimum atomic E-state index is -0.425. The summed E-state index contributed by atoms with van der Waals surface area (Å²) in [6, 6.07) is 5.03. The topological polar surface area (TPSA) is 66.8 Å². The fourth-order valence-corrected chi connectivity index (χ4v) is 2.05. The Hall–Kier alpha value is -2.04. The number of nitrogens with zero attached hydrogens (tertiary/aromatic N) is 1. The third-order valence-corrected chi connectivity index (χ3v) is 3.16. The largest absolute Gasteiger partial charge is 0.508 e. The highest BCUT2D eigenvalue weighted by molar-refractivity contribution is 5.99. The molecule has 0 radical (unpaired) electrons. The smallest absolute Gasteiger partial charge is 0.311 e. The van der Waals surface area contributed by atoms with Gasteiger partial charge in [-0.25, -0.2) is 0 Å². The molecule has 1 saturated heterocycles. The first-order valence-corrected chi connectivity index (χ1v) is 5.70. The fourth-order valence-electron chi connectivity index (χ4n) is 2.05. The summed E-state index contributed by atoms with van der Waals surface area (Å²) in [6.45, 7) is 2.08. The Morgan fingerprint density at radius 2 is 2.22 bits per heavy atom. The lowest BCUT2D eigenvalue weighted by atomic mass is 10.1. The molecule has 1 fully saturated rings. The van der Waals surface area contributed by atoms with Crippen LogP contribution in [0.5, 0.6) is 5.75 Å². The van der Waals surface area contributed by atoms with Gasteiger partial charge in [-0.2, -0.15) is 0 Å². The van der Waals surface area contributed by atoms with E-state index < -0.39 is 5.92 Å². The first kappa shape index (κ1) is 12.4. The summed E-state index contributed by atoms with van der Waals surface area (Å²) in [4.78, 5) is 24.7. The summed E-state index contributed by atoms with van der Waals surface area (Å²) < 4.78 is 4.64. The maximum absolute atomic E-state index is 11.8. The number of phenols is 1. The van der Waals surface area contributed by atoms with Gasteiger partial charge in [0.15, 0.2) is 0 Å². The standard InChI is InChI=1S/C13H15NO4/c1-8-3-4-10(6-11(8)15)14-7-9(5-12(14)16)13(17)18-2/h3-4,6,9,15H,5,7H2,1-2H3. The molecular formula is C13H15NO4. The molecule has 1 aromatic carbocycles. The van der Waals surface area contributed by atoms with Crippen LogP contribution in [0.25, 0.3) is 0 Å². The normalized spacial score (nSPS) is 19.1. The van der Waals surface area contributed by atoms with Gasteiger partial charge in [-0.15, -0.1) is 0 Å². The number of methoxy groups -OCH3 is 1.